The van der Waals surface area contributed by atoms with E-state index < -0.39 is 11.9 Å². The number of ketones is 1. The van der Waals surface area contributed by atoms with Crippen LogP contribution < -0.4 is 5.73 Å². The number of nitrogens with two attached hydrogens (primary N) is 1. The first-order valence-corrected chi connectivity index (χ1v) is 8.21. The summed E-state index contributed by atoms with van der Waals surface area (Å²) in [6.45, 7) is 3.92. The van der Waals surface area contributed by atoms with Gasteiger partial charge in [0.1, 0.15) is 11.3 Å². The van der Waals surface area contributed by atoms with Gasteiger partial charge in [-0.2, -0.15) is 0 Å². The Labute approximate surface area is 141 Å². The van der Waals surface area contributed by atoms with Crippen LogP contribution in [-0.4, -0.2) is 18.4 Å². The van der Waals surface area contributed by atoms with Gasteiger partial charge in [0.25, 0.3) is 0 Å². The van der Waals surface area contributed by atoms with Crippen molar-refractivity contribution < 1.29 is 19.1 Å². The average Bonchev–Trinajstić information content (AvgIpc) is 2.54. The number of allylic oxidation sites excluding steroid dienone is 2. The van der Waals surface area contributed by atoms with Crippen molar-refractivity contribution >= 4 is 11.8 Å². The Morgan fingerprint density at radius 2 is 2.08 bits per heavy atom. The molecule has 1 aliphatic carbocycles. The molecule has 2 N–H and O–H groups in total. The van der Waals surface area contributed by atoms with Gasteiger partial charge in [-0.05, 0) is 31.4 Å². The van der Waals surface area contributed by atoms with E-state index in [4.69, 9.17) is 15.2 Å². The van der Waals surface area contributed by atoms with E-state index in [0.717, 1.165) is 17.5 Å². The van der Waals surface area contributed by atoms with Gasteiger partial charge in [0, 0.05) is 18.4 Å². The Balaban J connectivity index is 2.19. The van der Waals surface area contributed by atoms with Crippen molar-refractivity contribution in [2.45, 2.75) is 39.0 Å². The van der Waals surface area contributed by atoms with Crippen molar-refractivity contribution in [2.24, 2.45) is 5.73 Å². The maximum atomic E-state index is 12.6. The molecule has 24 heavy (non-hydrogen) atoms. The highest BCUT2D eigenvalue weighted by molar-refractivity contribution is 6.03. The number of esters is 1. The number of Topliss-reactive ketones (excluding diaryl/α,β-unsaturated/α-hetero) is 1. The van der Waals surface area contributed by atoms with Crippen LogP contribution in [0.1, 0.15) is 43.2 Å². The van der Waals surface area contributed by atoms with Crippen LogP contribution in [-0.2, 0) is 19.1 Å². The smallest absolute Gasteiger partial charge is 0.340 e. The fraction of sp³-hybridized carbons (Fsp3) is 0.368. The molecule has 1 heterocycles. The number of ether oxygens (including phenoxy) is 2. The van der Waals surface area contributed by atoms with Crippen LogP contribution in [0.2, 0.25) is 0 Å². The second kappa shape index (κ2) is 6.51. The largest absolute Gasteiger partial charge is 0.462 e. The molecule has 0 spiro atoms. The summed E-state index contributed by atoms with van der Waals surface area (Å²) < 4.78 is 10.8. The predicted octanol–water partition coefficient (Wildman–Crippen LogP) is 2.85. The number of hydrogen-bond donors (Lipinski definition) is 1. The number of hydrogen-bond acceptors (Lipinski definition) is 5. The second-order valence-corrected chi connectivity index (χ2v) is 6.00. The number of carbonyl (C=O) groups excluding carboxylic acids is 2. The normalized spacial score (nSPS) is 20.6. The summed E-state index contributed by atoms with van der Waals surface area (Å²) in [5.74, 6) is -0.422. The van der Waals surface area contributed by atoms with E-state index in [9.17, 15) is 9.59 Å². The lowest BCUT2D eigenvalue weighted by Gasteiger charge is -2.33. The topological polar surface area (TPSA) is 78.6 Å². The van der Waals surface area contributed by atoms with Crippen LogP contribution >= 0.6 is 0 Å². The van der Waals surface area contributed by atoms with Gasteiger partial charge in [0.2, 0.25) is 5.88 Å². The van der Waals surface area contributed by atoms with Crippen molar-refractivity contribution in [3.05, 3.63) is 58.2 Å². The fourth-order valence-electron chi connectivity index (χ4n) is 3.39. The standard InChI is InChI=1S/C19H21NO4/c1-3-23-19(22)17-15(12-8-5-4-7-11(12)2)16-13(21)9-6-10-14(16)24-18(17)20/h4-5,7-8,15H,3,6,9-10,20H2,1-2H3/t15-/m1/s1. The summed E-state index contributed by atoms with van der Waals surface area (Å²) in [5, 5.41) is 0. The summed E-state index contributed by atoms with van der Waals surface area (Å²) in [7, 11) is 0. The van der Waals surface area contributed by atoms with Crippen LogP contribution in [0.5, 0.6) is 0 Å². The molecular formula is C19H21NO4. The zero-order chi connectivity index (χ0) is 17.3. The van der Waals surface area contributed by atoms with Crippen molar-refractivity contribution in [2.75, 3.05) is 6.61 Å². The fourth-order valence-corrected chi connectivity index (χ4v) is 3.39. The minimum Gasteiger partial charge on any atom is -0.462 e. The van der Waals surface area contributed by atoms with Crippen molar-refractivity contribution in [1.82, 2.24) is 0 Å². The summed E-state index contributed by atoms with van der Waals surface area (Å²) in [6, 6.07) is 7.69. The molecule has 0 saturated carbocycles. The molecule has 3 rings (SSSR count). The molecule has 2 aliphatic rings. The molecule has 1 aromatic rings. The molecule has 0 bridgehead atoms. The average molecular weight is 327 g/mol. The quantitative estimate of drug-likeness (QED) is 0.864. The van der Waals surface area contributed by atoms with Gasteiger partial charge in [-0.3, -0.25) is 4.79 Å². The van der Waals surface area contributed by atoms with E-state index in [1.54, 1.807) is 6.92 Å². The minimum absolute atomic E-state index is 0.0128. The molecule has 126 valence electrons. The van der Waals surface area contributed by atoms with Gasteiger partial charge >= 0.3 is 5.97 Å². The van der Waals surface area contributed by atoms with Crippen LogP contribution in [0.15, 0.2) is 47.1 Å². The number of carbonyl (C=O) groups is 2. The van der Waals surface area contributed by atoms with Crippen molar-refractivity contribution in [1.29, 1.82) is 0 Å². The van der Waals surface area contributed by atoms with Gasteiger partial charge in [-0.15, -0.1) is 0 Å². The van der Waals surface area contributed by atoms with E-state index in [1.807, 2.05) is 31.2 Å². The highest BCUT2D eigenvalue weighted by atomic mass is 16.5. The Morgan fingerprint density at radius 3 is 2.79 bits per heavy atom. The van der Waals surface area contributed by atoms with E-state index in [1.165, 1.54) is 0 Å². The molecule has 0 unspecified atom stereocenters. The Hall–Kier alpha value is -2.56. The highest BCUT2D eigenvalue weighted by Crippen LogP contribution is 2.44. The van der Waals surface area contributed by atoms with Gasteiger partial charge in [0.05, 0.1) is 12.5 Å². The van der Waals surface area contributed by atoms with Crippen molar-refractivity contribution in [3.8, 4) is 0 Å². The van der Waals surface area contributed by atoms with Gasteiger partial charge in [-0.25, -0.2) is 4.79 Å². The lowest BCUT2D eigenvalue weighted by atomic mass is 9.76. The lowest BCUT2D eigenvalue weighted by Crippen LogP contribution is -2.31. The molecule has 0 radical (unpaired) electrons. The first-order chi connectivity index (χ1) is 11.5. The Bertz CT molecular complexity index is 760. The molecular weight excluding hydrogens is 306 g/mol. The second-order valence-electron chi connectivity index (χ2n) is 6.00. The first kappa shape index (κ1) is 16.3. The van der Waals surface area contributed by atoms with E-state index in [-0.39, 0.29) is 23.8 Å². The molecule has 1 atom stereocenters. The Morgan fingerprint density at radius 1 is 1.33 bits per heavy atom. The highest BCUT2D eigenvalue weighted by Gasteiger charge is 2.41. The van der Waals surface area contributed by atoms with Crippen molar-refractivity contribution in [3.63, 3.8) is 0 Å². The lowest BCUT2D eigenvalue weighted by molar-refractivity contribution is -0.139. The zero-order valence-electron chi connectivity index (χ0n) is 13.9. The molecule has 5 heteroatoms. The van der Waals surface area contributed by atoms with Gasteiger partial charge in [0.15, 0.2) is 5.78 Å². The molecule has 0 saturated heterocycles. The third-order valence-electron chi connectivity index (χ3n) is 4.48. The van der Waals surface area contributed by atoms with E-state index in [2.05, 4.69) is 0 Å². The van der Waals surface area contributed by atoms with Gasteiger partial charge < -0.3 is 15.2 Å². The summed E-state index contributed by atoms with van der Waals surface area (Å²) in [6.07, 6.45) is 1.85. The van der Waals surface area contributed by atoms with Crippen LogP contribution in [0.3, 0.4) is 0 Å². The third kappa shape index (κ3) is 2.70. The monoisotopic (exact) mass is 327 g/mol. The Kier molecular flexibility index (Phi) is 4.42. The molecule has 1 aliphatic heterocycles. The number of rotatable bonds is 3. The third-order valence-corrected chi connectivity index (χ3v) is 4.48. The van der Waals surface area contributed by atoms with Gasteiger partial charge in [-0.1, -0.05) is 24.3 Å². The zero-order valence-corrected chi connectivity index (χ0v) is 13.9. The van der Waals surface area contributed by atoms with Crippen LogP contribution in [0, 0.1) is 6.92 Å². The maximum Gasteiger partial charge on any atom is 0.340 e. The number of aryl methyl sites for hydroxylation is 1. The van der Waals surface area contributed by atoms with Crippen LogP contribution in [0.4, 0.5) is 0 Å². The predicted molar refractivity (Wildman–Crippen MR) is 88.7 cm³/mol. The first-order valence-electron chi connectivity index (χ1n) is 8.21. The summed E-state index contributed by atoms with van der Waals surface area (Å²) in [5.41, 5.74) is 8.70. The summed E-state index contributed by atoms with van der Waals surface area (Å²) >= 11 is 0. The molecule has 0 aromatic heterocycles. The molecule has 1 aromatic carbocycles. The summed E-state index contributed by atoms with van der Waals surface area (Å²) in [4.78, 5) is 25.1. The number of benzene rings is 1. The molecule has 0 fully saturated rings. The minimum atomic E-state index is -0.534. The van der Waals surface area contributed by atoms with E-state index in [0.29, 0.717) is 24.2 Å². The molecule has 5 nitrogen and oxygen atoms in total. The SMILES string of the molecule is CCOC(=O)C1=C(N)OC2=C(C(=O)CCC2)[C@H]1c1ccccc1C. The van der Waals surface area contributed by atoms with Crippen LogP contribution in [0.25, 0.3) is 0 Å². The molecule has 0 amide bonds. The van der Waals surface area contributed by atoms with E-state index >= 15 is 0 Å². The maximum absolute atomic E-state index is 12.6.